The number of piperazine rings is 1. The molecule has 23 heavy (non-hydrogen) atoms. The normalized spacial score (nSPS) is 17.2. The topological polar surface area (TPSA) is 77.1 Å². The molecule has 136 valence electrons. The minimum atomic E-state index is -3.10. The third-order valence-electron chi connectivity index (χ3n) is 3.83. The van der Waals surface area contributed by atoms with Crippen molar-refractivity contribution in [3.05, 3.63) is 0 Å². The van der Waals surface area contributed by atoms with E-state index in [9.17, 15) is 9.36 Å². The Labute approximate surface area is 143 Å². The third-order valence-corrected chi connectivity index (χ3v) is 7.78. The maximum absolute atomic E-state index is 12.2. The van der Waals surface area contributed by atoms with E-state index >= 15 is 0 Å². The Morgan fingerprint density at radius 2 is 1.87 bits per heavy atom. The van der Waals surface area contributed by atoms with Gasteiger partial charge in [-0.2, -0.15) is 0 Å². The van der Waals surface area contributed by atoms with Gasteiger partial charge in [-0.15, -0.1) is 0 Å². The summed E-state index contributed by atoms with van der Waals surface area (Å²) in [5.41, 5.74) is -0.526. The van der Waals surface area contributed by atoms with Crippen LogP contribution in [0.1, 0.15) is 20.3 Å². The van der Waals surface area contributed by atoms with E-state index in [1.165, 1.54) is 14.2 Å². The Morgan fingerprint density at radius 3 is 2.43 bits per heavy atom. The maximum atomic E-state index is 12.2. The first-order chi connectivity index (χ1) is 10.8. The summed E-state index contributed by atoms with van der Waals surface area (Å²) in [6.07, 6.45) is 0.758. The molecule has 1 aliphatic rings. The van der Waals surface area contributed by atoms with Gasteiger partial charge in [0, 0.05) is 46.2 Å². The summed E-state index contributed by atoms with van der Waals surface area (Å²) < 4.78 is 26.8. The number of nitrogens with one attached hydrogen (secondary N) is 1. The van der Waals surface area contributed by atoms with Crippen LogP contribution in [0.5, 0.6) is 0 Å². The number of hydrogen-bond donors (Lipinski definition) is 1. The van der Waals surface area contributed by atoms with Crippen molar-refractivity contribution >= 4 is 24.1 Å². The number of nitrogens with zero attached hydrogens (tertiary/aromatic N) is 1. The van der Waals surface area contributed by atoms with E-state index in [4.69, 9.17) is 13.8 Å². The van der Waals surface area contributed by atoms with Gasteiger partial charge in [0.2, 0.25) is 0 Å². The second kappa shape index (κ2) is 10.0. The van der Waals surface area contributed by atoms with Crippen LogP contribution in [0.25, 0.3) is 0 Å². The van der Waals surface area contributed by atoms with E-state index in [-0.39, 0.29) is 12.6 Å². The van der Waals surface area contributed by atoms with Crippen molar-refractivity contribution in [3.8, 4) is 0 Å². The largest absolute Gasteiger partial charge is 0.464 e. The lowest BCUT2D eigenvalue weighted by Crippen LogP contribution is -2.45. The van der Waals surface area contributed by atoms with Gasteiger partial charge in [-0.25, -0.2) is 4.57 Å². The van der Waals surface area contributed by atoms with Gasteiger partial charge in [0.05, 0.1) is 5.41 Å². The summed E-state index contributed by atoms with van der Waals surface area (Å²) in [7, 11) is 2.67. The molecule has 1 rings (SSSR count). The Morgan fingerprint density at radius 1 is 1.26 bits per heavy atom. The van der Waals surface area contributed by atoms with E-state index < -0.39 is 12.2 Å². The van der Waals surface area contributed by atoms with Gasteiger partial charge >= 0.3 is 12.8 Å². The highest BCUT2D eigenvalue weighted by Gasteiger charge is 2.30. The highest BCUT2D eigenvalue weighted by molar-refractivity contribution is 8.55. The second-order valence-electron chi connectivity index (χ2n) is 6.01. The van der Waals surface area contributed by atoms with Crippen molar-refractivity contribution in [1.29, 1.82) is 0 Å². The molecule has 1 fully saturated rings. The molecule has 1 aliphatic heterocycles. The number of ether oxygens (including phenoxy) is 1. The fourth-order valence-electron chi connectivity index (χ4n) is 2.13. The van der Waals surface area contributed by atoms with Gasteiger partial charge < -0.3 is 24.0 Å². The quantitative estimate of drug-likeness (QED) is 0.356. The molecule has 0 atom stereocenters. The van der Waals surface area contributed by atoms with Crippen LogP contribution in [0, 0.1) is 5.41 Å². The highest BCUT2D eigenvalue weighted by Crippen LogP contribution is 2.59. The summed E-state index contributed by atoms with van der Waals surface area (Å²) >= 11 is 1.03. The molecule has 0 bridgehead atoms. The van der Waals surface area contributed by atoms with Crippen LogP contribution in [0.4, 0.5) is 0 Å². The van der Waals surface area contributed by atoms with Crippen LogP contribution in [-0.2, 0) is 23.1 Å². The van der Waals surface area contributed by atoms with Crippen molar-refractivity contribution in [3.63, 3.8) is 0 Å². The number of esters is 1. The van der Waals surface area contributed by atoms with Crippen molar-refractivity contribution in [2.45, 2.75) is 20.3 Å². The van der Waals surface area contributed by atoms with Gasteiger partial charge in [0.25, 0.3) is 0 Å². The van der Waals surface area contributed by atoms with Gasteiger partial charge in [-0.3, -0.25) is 4.79 Å². The molecule has 0 unspecified atom stereocenters. The average molecular weight is 368 g/mol. The van der Waals surface area contributed by atoms with E-state index in [0.717, 1.165) is 50.5 Å². The molecule has 1 heterocycles. The van der Waals surface area contributed by atoms with Crippen LogP contribution >= 0.6 is 18.2 Å². The second-order valence-corrected chi connectivity index (χ2v) is 10.4. The molecular weight excluding hydrogens is 339 g/mol. The smallest absolute Gasteiger partial charge is 0.388 e. The van der Waals surface area contributed by atoms with Crippen molar-refractivity contribution < 1.29 is 23.1 Å². The molecule has 0 aromatic rings. The Balaban J connectivity index is 2.27. The molecule has 0 spiro atoms. The van der Waals surface area contributed by atoms with Crippen LogP contribution in [-0.4, -0.2) is 70.2 Å². The molecule has 1 N–H and O–H groups in total. The van der Waals surface area contributed by atoms with E-state index in [1.54, 1.807) is 0 Å². The Hall–Kier alpha value is -0.110. The highest BCUT2D eigenvalue weighted by atomic mass is 32.7. The lowest BCUT2D eigenvalue weighted by atomic mass is 9.89. The summed E-state index contributed by atoms with van der Waals surface area (Å²) in [6.45, 7) is 5.83. The van der Waals surface area contributed by atoms with Crippen molar-refractivity contribution in [1.82, 2.24) is 10.2 Å². The molecule has 0 saturated carbocycles. The summed E-state index contributed by atoms with van der Waals surface area (Å²) in [5, 5.41) is 3.31. The minimum absolute atomic E-state index is 0.192. The first-order valence-corrected chi connectivity index (χ1v) is 10.9. The SMILES string of the molecule is COP(=O)(OC)SCCOC(=O)C(C)(C)CCN1CCNCC1. The first kappa shape index (κ1) is 20.9. The maximum Gasteiger partial charge on any atom is 0.388 e. The fraction of sp³-hybridized carbons (Fsp3) is 0.929. The minimum Gasteiger partial charge on any atom is -0.464 e. The molecule has 1 saturated heterocycles. The zero-order chi connectivity index (χ0) is 17.3. The van der Waals surface area contributed by atoms with Gasteiger partial charge in [0.15, 0.2) is 0 Å². The molecular formula is C14H29N2O5PS. The monoisotopic (exact) mass is 368 g/mol. The summed E-state index contributed by atoms with van der Waals surface area (Å²) in [4.78, 5) is 14.6. The third kappa shape index (κ3) is 7.54. The zero-order valence-corrected chi connectivity index (χ0v) is 16.2. The van der Waals surface area contributed by atoms with Crippen LogP contribution in [0.3, 0.4) is 0 Å². The molecule has 9 heteroatoms. The van der Waals surface area contributed by atoms with Crippen molar-refractivity contribution in [2.75, 3.05) is 59.3 Å². The van der Waals surface area contributed by atoms with Gasteiger partial charge in [-0.05, 0) is 38.2 Å². The Kier molecular flexibility index (Phi) is 9.11. The molecule has 0 aliphatic carbocycles. The summed E-state index contributed by atoms with van der Waals surface area (Å²) in [5.74, 6) is 0.149. The number of carbonyl (C=O) groups is 1. The molecule has 0 aromatic carbocycles. The van der Waals surface area contributed by atoms with Gasteiger partial charge in [0.1, 0.15) is 6.61 Å². The average Bonchev–Trinajstić information content (AvgIpc) is 2.57. The molecule has 0 radical (unpaired) electrons. The van der Waals surface area contributed by atoms with Crippen molar-refractivity contribution in [2.24, 2.45) is 5.41 Å². The number of hydrogen-bond acceptors (Lipinski definition) is 8. The fourth-order valence-corrected chi connectivity index (χ4v) is 4.40. The first-order valence-electron chi connectivity index (χ1n) is 7.79. The predicted octanol–water partition coefficient (Wildman–Crippen LogP) is 1.99. The number of rotatable bonds is 10. The van der Waals surface area contributed by atoms with Crippen LogP contribution < -0.4 is 5.32 Å². The van der Waals surface area contributed by atoms with Gasteiger partial charge in [-0.1, -0.05) is 0 Å². The van der Waals surface area contributed by atoms with E-state index in [2.05, 4.69) is 10.2 Å². The lowest BCUT2D eigenvalue weighted by molar-refractivity contribution is -0.153. The zero-order valence-electron chi connectivity index (χ0n) is 14.5. The predicted molar refractivity (Wildman–Crippen MR) is 92.7 cm³/mol. The summed E-state index contributed by atoms with van der Waals surface area (Å²) in [6, 6.07) is 0. The lowest BCUT2D eigenvalue weighted by Gasteiger charge is -2.30. The standard InChI is InChI=1S/C14H29N2O5PS/c1-14(2,5-8-16-9-6-15-7-10-16)13(17)21-11-12-23-22(18,19-3)20-4/h15H,5-12H2,1-4H3. The number of carbonyl (C=O) groups excluding carboxylic acids is 1. The molecule has 0 aromatic heterocycles. The molecule has 7 nitrogen and oxygen atoms in total. The van der Waals surface area contributed by atoms with Crippen LogP contribution in [0.2, 0.25) is 0 Å². The van der Waals surface area contributed by atoms with E-state index in [1.807, 2.05) is 13.8 Å². The van der Waals surface area contributed by atoms with E-state index in [0.29, 0.717) is 5.75 Å². The molecule has 0 amide bonds. The Bertz CT molecular complexity index is 408. The van der Waals surface area contributed by atoms with Crippen LogP contribution in [0.15, 0.2) is 0 Å².